The Labute approximate surface area is 282 Å². The summed E-state index contributed by atoms with van der Waals surface area (Å²) >= 11 is 0. The van der Waals surface area contributed by atoms with Crippen LogP contribution in [0.5, 0.6) is 0 Å². The van der Waals surface area contributed by atoms with Crippen molar-refractivity contribution in [3.8, 4) is 0 Å². The number of aromatic nitrogens is 1. The molecule has 3 heterocycles. The summed E-state index contributed by atoms with van der Waals surface area (Å²) in [6.45, 7) is 8.91. The van der Waals surface area contributed by atoms with Crippen LogP contribution in [0.2, 0.25) is 0 Å². The number of hydrogen-bond donors (Lipinski definition) is 4. The number of esters is 1. The summed E-state index contributed by atoms with van der Waals surface area (Å²) in [5.41, 5.74) is 0.423. The fraction of sp³-hybridized carbons (Fsp3) is 0.545. The molecular weight excluding hydrogens is 645 g/mol. The summed E-state index contributed by atoms with van der Waals surface area (Å²) in [7, 11) is 2.95. The zero-order chi connectivity index (χ0) is 34.3. The first-order valence-electron chi connectivity index (χ1n) is 15.7. The maximum atomic E-state index is 14.0. The summed E-state index contributed by atoms with van der Waals surface area (Å²) < 4.78 is 12.6. The van der Waals surface area contributed by atoms with E-state index in [-0.39, 0.29) is 30.9 Å². The van der Waals surface area contributed by atoms with Gasteiger partial charge in [-0.05, 0) is 50.8 Å². The Morgan fingerprint density at radius 3 is 2.53 bits per heavy atom. The highest BCUT2D eigenvalue weighted by molar-refractivity contribution is 8.76. The van der Waals surface area contributed by atoms with Crippen LogP contribution in [0.1, 0.15) is 59.4 Å². The fourth-order valence-corrected chi connectivity index (χ4v) is 7.53. The Bertz CT molecular complexity index is 1500. The lowest BCUT2D eigenvalue weighted by Gasteiger charge is -2.29. The lowest BCUT2D eigenvalue weighted by Crippen LogP contribution is -2.58. The Morgan fingerprint density at radius 2 is 1.81 bits per heavy atom. The number of benzene rings is 1. The zero-order valence-corrected chi connectivity index (χ0v) is 28.9. The molecule has 5 atom stereocenters. The van der Waals surface area contributed by atoms with Gasteiger partial charge in [-0.25, -0.2) is 4.79 Å². The number of aliphatic hydroxyl groups is 1. The fourth-order valence-electron chi connectivity index (χ4n) is 5.37. The molecule has 0 aliphatic carbocycles. The first-order valence-corrected chi connectivity index (χ1v) is 18.2. The van der Waals surface area contributed by atoms with E-state index in [1.54, 1.807) is 45.2 Å². The van der Waals surface area contributed by atoms with Gasteiger partial charge in [0, 0.05) is 29.5 Å². The van der Waals surface area contributed by atoms with E-state index >= 15 is 0 Å². The number of carbonyl (C=O) groups excluding carboxylic acids is 5. The molecular formula is C33H44N4O8S2. The minimum Gasteiger partial charge on any atom is -0.457 e. The Balaban J connectivity index is 1.74. The van der Waals surface area contributed by atoms with Crippen LogP contribution < -0.4 is 16.0 Å². The molecule has 1 saturated heterocycles. The third-order valence-corrected chi connectivity index (χ3v) is 10.1. The van der Waals surface area contributed by atoms with Crippen LogP contribution in [0.3, 0.4) is 0 Å². The van der Waals surface area contributed by atoms with Crippen molar-refractivity contribution < 1.29 is 38.6 Å². The average Bonchev–Trinajstić information content (AvgIpc) is 3.34. The third kappa shape index (κ3) is 10.2. The number of amides is 3. The van der Waals surface area contributed by atoms with E-state index < -0.39 is 65.7 Å². The summed E-state index contributed by atoms with van der Waals surface area (Å²) in [5, 5.41) is 20.1. The summed E-state index contributed by atoms with van der Waals surface area (Å²) in [5.74, 6) is -1.74. The zero-order valence-electron chi connectivity index (χ0n) is 27.3. The van der Waals surface area contributed by atoms with Crippen LogP contribution in [-0.4, -0.2) is 86.9 Å². The average molecular weight is 689 g/mol. The number of para-hydroxylation sites is 1. The standard InChI is InChI=1S/C33H44N4O8S2/c1-19(2)29-26(38)16-28(40)44-21-10-8-9-13-46-47-18-24(31(42)36-29)35-30(41)23(34-27(39)15-21)14-20-17-37(32(43)45-33(3,4)5)25-12-7-6-11-22(20)25/h6-8,10-12,17,19,21,23-24,26,29,38H,9,13-16,18H2,1-5H3,(H,34,39)(H,35,41)(H,36,42)/t21?,23-,24-,26+,29-/m1/s1. The SMILES string of the molecule is CC(C)[C@H]1NC(=O)[C@H]2CSSCCC=CC(CC(=O)N[C@H](Cc3cn(C(=O)OC(C)(C)C)c4ccccc34)C(=O)N2)OC(=O)C[C@@H]1O. The van der Waals surface area contributed by atoms with Gasteiger partial charge in [0.25, 0.3) is 0 Å². The molecule has 0 radical (unpaired) electrons. The van der Waals surface area contributed by atoms with Crippen molar-refractivity contribution in [3.05, 3.63) is 48.2 Å². The summed E-state index contributed by atoms with van der Waals surface area (Å²) in [4.78, 5) is 67.1. The van der Waals surface area contributed by atoms with E-state index in [0.29, 0.717) is 28.6 Å². The number of nitrogens with one attached hydrogen (secondary N) is 3. The Hall–Kier alpha value is -3.49. The van der Waals surface area contributed by atoms with Crippen LogP contribution in [0.4, 0.5) is 4.79 Å². The first-order chi connectivity index (χ1) is 22.2. The van der Waals surface area contributed by atoms with Crippen molar-refractivity contribution in [2.45, 2.75) is 96.2 Å². The monoisotopic (exact) mass is 688 g/mol. The number of ether oxygens (including phenoxy) is 2. The number of nitrogens with zero attached hydrogens (tertiary/aromatic N) is 1. The van der Waals surface area contributed by atoms with Crippen molar-refractivity contribution >= 4 is 62.3 Å². The van der Waals surface area contributed by atoms with Crippen LogP contribution in [0.15, 0.2) is 42.6 Å². The lowest BCUT2D eigenvalue weighted by molar-refractivity contribution is -0.151. The van der Waals surface area contributed by atoms with E-state index in [1.807, 2.05) is 32.1 Å². The molecule has 14 heteroatoms. The van der Waals surface area contributed by atoms with Gasteiger partial charge in [0.1, 0.15) is 23.8 Å². The minimum atomic E-state index is -1.25. The second-order valence-corrected chi connectivity index (χ2v) is 15.6. The van der Waals surface area contributed by atoms with E-state index in [4.69, 9.17) is 9.47 Å². The first kappa shape index (κ1) is 36.3. The van der Waals surface area contributed by atoms with Crippen molar-refractivity contribution in [2.75, 3.05) is 11.5 Å². The van der Waals surface area contributed by atoms with Crippen LogP contribution in [0.25, 0.3) is 10.9 Å². The van der Waals surface area contributed by atoms with Crippen molar-refractivity contribution in [2.24, 2.45) is 5.92 Å². The second kappa shape index (κ2) is 16.1. The predicted octanol–water partition coefficient (Wildman–Crippen LogP) is 3.49. The number of hydrogen-bond acceptors (Lipinski definition) is 10. The summed E-state index contributed by atoms with van der Waals surface area (Å²) in [6.07, 6.45) is 2.23. The molecule has 47 heavy (non-hydrogen) atoms. The molecule has 1 aromatic heterocycles. The molecule has 2 bridgehead atoms. The van der Waals surface area contributed by atoms with Gasteiger partial charge in [-0.1, -0.05) is 59.7 Å². The molecule has 0 saturated carbocycles. The molecule has 2 aliphatic heterocycles. The van der Waals surface area contributed by atoms with Gasteiger partial charge in [0.2, 0.25) is 17.7 Å². The van der Waals surface area contributed by atoms with E-state index in [1.165, 1.54) is 26.2 Å². The van der Waals surface area contributed by atoms with Gasteiger partial charge in [-0.3, -0.25) is 23.7 Å². The largest absolute Gasteiger partial charge is 0.457 e. The topological polar surface area (TPSA) is 165 Å². The lowest BCUT2D eigenvalue weighted by atomic mass is 9.96. The summed E-state index contributed by atoms with van der Waals surface area (Å²) in [6, 6.07) is 4.20. The molecule has 0 spiro atoms. The van der Waals surface area contributed by atoms with Crippen molar-refractivity contribution in [1.82, 2.24) is 20.5 Å². The number of fused-ring (bicyclic) bond motifs is 8. The van der Waals surface area contributed by atoms with Gasteiger partial charge in [0.15, 0.2) is 0 Å². The highest BCUT2D eigenvalue weighted by atomic mass is 33.1. The second-order valence-electron chi connectivity index (χ2n) is 13.0. The number of allylic oxidation sites excluding steroid dienone is 1. The Kier molecular flexibility index (Phi) is 12.4. The van der Waals surface area contributed by atoms with Crippen molar-refractivity contribution in [3.63, 3.8) is 0 Å². The number of carbonyl (C=O) groups is 5. The highest BCUT2D eigenvalue weighted by Crippen LogP contribution is 2.26. The minimum absolute atomic E-state index is 0.0161. The molecule has 4 rings (SSSR count). The van der Waals surface area contributed by atoms with Gasteiger partial charge >= 0.3 is 12.1 Å². The third-order valence-electron chi connectivity index (χ3n) is 7.62. The molecule has 1 fully saturated rings. The smallest absolute Gasteiger partial charge is 0.419 e. The Morgan fingerprint density at radius 1 is 1.06 bits per heavy atom. The van der Waals surface area contributed by atoms with E-state index in [0.717, 1.165) is 0 Å². The van der Waals surface area contributed by atoms with Gasteiger partial charge < -0.3 is 30.5 Å². The van der Waals surface area contributed by atoms with E-state index in [9.17, 15) is 29.1 Å². The number of aliphatic hydroxyl groups excluding tert-OH is 1. The molecule has 3 amide bonds. The maximum Gasteiger partial charge on any atom is 0.419 e. The molecule has 2 aromatic rings. The van der Waals surface area contributed by atoms with Gasteiger partial charge in [-0.15, -0.1) is 0 Å². The van der Waals surface area contributed by atoms with Gasteiger partial charge in [0.05, 0.1) is 30.5 Å². The van der Waals surface area contributed by atoms with Crippen LogP contribution >= 0.6 is 21.6 Å². The highest BCUT2D eigenvalue weighted by Gasteiger charge is 2.34. The molecule has 256 valence electrons. The molecule has 2 aliphatic rings. The van der Waals surface area contributed by atoms with Crippen LogP contribution in [-0.2, 0) is 35.1 Å². The normalized spacial score (nSPS) is 25.6. The number of rotatable bonds is 3. The van der Waals surface area contributed by atoms with Crippen molar-refractivity contribution in [1.29, 1.82) is 0 Å². The van der Waals surface area contributed by atoms with Crippen LogP contribution in [0, 0.1) is 5.92 Å². The molecule has 1 aromatic carbocycles. The maximum absolute atomic E-state index is 14.0. The molecule has 1 unspecified atom stereocenters. The van der Waals surface area contributed by atoms with Gasteiger partial charge in [-0.2, -0.15) is 0 Å². The molecule has 4 N–H and O–H groups in total. The van der Waals surface area contributed by atoms with E-state index in [2.05, 4.69) is 16.0 Å². The quantitative estimate of drug-likeness (QED) is 0.213. The predicted molar refractivity (Wildman–Crippen MR) is 182 cm³/mol. The molecule has 12 nitrogen and oxygen atoms in total.